The fourth-order valence-corrected chi connectivity index (χ4v) is 3.52. The van der Waals surface area contributed by atoms with Crippen molar-refractivity contribution in [1.82, 2.24) is 4.90 Å². The number of anilines is 2. The second kappa shape index (κ2) is 9.55. The molecule has 2 aromatic rings. The molecule has 0 radical (unpaired) electrons. The van der Waals surface area contributed by atoms with E-state index in [0.29, 0.717) is 19.6 Å². The number of nitrogens with two attached hydrogens (primary N) is 1. The van der Waals surface area contributed by atoms with Crippen molar-refractivity contribution < 1.29 is 4.74 Å². The average molecular weight is 371 g/mol. The van der Waals surface area contributed by atoms with Crippen LogP contribution < -0.4 is 26.6 Å². The number of likely N-dealkylation sites (tertiary alicyclic amines) is 1. The number of nitrogens with one attached hydrogen (secondary N) is 1. The smallest absolute Gasteiger partial charge is 0.253 e. The summed E-state index contributed by atoms with van der Waals surface area (Å²) < 4.78 is 5.83. The van der Waals surface area contributed by atoms with Gasteiger partial charge in [0.1, 0.15) is 17.1 Å². The van der Waals surface area contributed by atoms with Crippen LogP contribution in [-0.2, 0) is 6.54 Å². The fourth-order valence-electron chi connectivity index (χ4n) is 3.52. The Balaban J connectivity index is 1.41. The summed E-state index contributed by atoms with van der Waals surface area (Å²) in [5.41, 5.74) is 5.94. The molecule has 0 saturated carbocycles. The van der Waals surface area contributed by atoms with Gasteiger partial charge in [0, 0.05) is 13.1 Å². The van der Waals surface area contributed by atoms with Crippen molar-refractivity contribution in [3.63, 3.8) is 0 Å². The zero-order valence-corrected chi connectivity index (χ0v) is 15.8. The van der Waals surface area contributed by atoms with E-state index in [1.165, 1.54) is 50.8 Å². The second-order valence-electron chi connectivity index (χ2n) is 7.27. The molecule has 0 aliphatic carbocycles. The van der Waals surface area contributed by atoms with E-state index >= 15 is 0 Å². The highest BCUT2D eigenvalue weighted by Gasteiger charge is 2.16. The van der Waals surface area contributed by atoms with Crippen LogP contribution in [0.5, 0.6) is 5.75 Å². The largest absolute Gasteiger partial charge is 0.494 e. The van der Waals surface area contributed by atoms with Gasteiger partial charge in [0.15, 0.2) is 0 Å². The molecular weight excluding hydrogens is 342 g/mol. The molecule has 6 nitrogen and oxygen atoms in total. The van der Waals surface area contributed by atoms with E-state index in [4.69, 9.17) is 10.5 Å². The topological polar surface area (TPSA) is 84.7 Å². The van der Waals surface area contributed by atoms with Crippen LogP contribution in [-0.4, -0.2) is 31.1 Å². The van der Waals surface area contributed by atoms with Gasteiger partial charge in [0.25, 0.3) is 10.9 Å². The minimum atomic E-state index is -0.592. The van der Waals surface area contributed by atoms with Crippen molar-refractivity contribution in [2.75, 3.05) is 37.3 Å². The number of nitrogen functional groups attached to an aromatic ring is 1. The molecule has 0 spiro atoms. The molecule has 0 atom stereocenters. The summed E-state index contributed by atoms with van der Waals surface area (Å²) in [6, 6.07) is 8.28. The first-order valence-corrected chi connectivity index (χ1v) is 9.92. The number of rotatable bonds is 8. The van der Waals surface area contributed by atoms with Gasteiger partial charge in [0.2, 0.25) is 0 Å². The Labute approximate surface area is 160 Å². The highest BCUT2D eigenvalue weighted by molar-refractivity contribution is 5.71. The molecule has 1 heterocycles. The van der Waals surface area contributed by atoms with Crippen molar-refractivity contribution in [3.05, 3.63) is 50.3 Å². The molecule has 27 heavy (non-hydrogen) atoms. The molecule has 1 aliphatic rings. The first kappa shape index (κ1) is 19.4. The number of benzene rings is 1. The van der Waals surface area contributed by atoms with Gasteiger partial charge in [-0.2, -0.15) is 0 Å². The third kappa shape index (κ3) is 5.32. The summed E-state index contributed by atoms with van der Waals surface area (Å²) in [5, 5.41) is 2.91. The summed E-state index contributed by atoms with van der Waals surface area (Å²) in [7, 11) is 0. The van der Waals surface area contributed by atoms with Gasteiger partial charge >= 0.3 is 0 Å². The predicted octanol–water partition coefficient (Wildman–Crippen LogP) is 2.51. The highest BCUT2D eigenvalue weighted by atomic mass is 16.5. The molecular formula is C21H29N3O3. The van der Waals surface area contributed by atoms with Crippen LogP contribution in [0.1, 0.15) is 44.1 Å². The highest BCUT2D eigenvalue weighted by Crippen LogP contribution is 2.18. The Morgan fingerprint density at radius 1 is 1.04 bits per heavy atom. The number of hydrogen-bond acceptors (Lipinski definition) is 6. The molecule has 2 aromatic carbocycles. The standard InChI is InChI=1S/C21H29N3O3/c22-18-19(21(26)20(18)25)23-10-7-13-27-17-9-6-8-16(14-17)15-24-11-4-2-1-3-5-12-24/h6,8-9,14,23H,1-5,7,10-13,15,22H2. The lowest BCUT2D eigenvalue weighted by Crippen LogP contribution is -2.37. The van der Waals surface area contributed by atoms with E-state index in [1.807, 2.05) is 12.1 Å². The average Bonchev–Trinajstić information content (AvgIpc) is 2.66. The third-order valence-electron chi connectivity index (χ3n) is 5.09. The maximum Gasteiger partial charge on any atom is 0.253 e. The molecule has 0 bridgehead atoms. The van der Waals surface area contributed by atoms with E-state index in [9.17, 15) is 9.59 Å². The Morgan fingerprint density at radius 3 is 2.52 bits per heavy atom. The van der Waals surface area contributed by atoms with E-state index < -0.39 is 10.9 Å². The monoisotopic (exact) mass is 371 g/mol. The lowest BCUT2D eigenvalue weighted by molar-refractivity contribution is 0.239. The first-order chi connectivity index (χ1) is 13.1. The zero-order valence-electron chi connectivity index (χ0n) is 15.8. The molecule has 1 saturated heterocycles. The normalized spacial score (nSPS) is 16.0. The molecule has 0 unspecified atom stereocenters. The minimum Gasteiger partial charge on any atom is -0.494 e. The van der Waals surface area contributed by atoms with Gasteiger partial charge in [-0.15, -0.1) is 0 Å². The van der Waals surface area contributed by atoms with Crippen LogP contribution >= 0.6 is 0 Å². The van der Waals surface area contributed by atoms with Crippen LogP contribution in [0.3, 0.4) is 0 Å². The molecule has 146 valence electrons. The van der Waals surface area contributed by atoms with Gasteiger partial charge in [-0.05, 0) is 50.0 Å². The van der Waals surface area contributed by atoms with E-state index in [0.717, 1.165) is 12.3 Å². The summed E-state index contributed by atoms with van der Waals surface area (Å²) in [6.45, 7) is 4.41. The van der Waals surface area contributed by atoms with Crippen LogP contribution in [0, 0.1) is 0 Å². The van der Waals surface area contributed by atoms with E-state index in [2.05, 4.69) is 22.3 Å². The van der Waals surface area contributed by atoms with Gasteiger partial charge in [0.05, 0.1) is 6.61 Å². The van der Waals surface area contributed by atoms with Gasteiger partial charge in [-0.1, -0.05) is 31.4 Å². The maximum atomic E-state index is 11.3. The summed E-state index contributed by atoms with van der Waals surface area (Å²) in [4.78, 5) is 24.9. The minimum absolute atomic E-state index is 0.0397. The maximum absolute atomic E-state index is 11.3. The van der Waals surface area contributed by atoms with Crippen molar-refractivity contribution >= 4 is 11.4 Å². The Hall–Kier alpha value is -2.34. The van der Waals surface area contributed by atoms with Crippen molar-refractivity contribution in [3.8, 4) is 5.75 Å². The first-order valence-electron chi connectivity index (χ1n) is 9.92. The molecule has 6 heteroatoms. The van der Waals surface area contributed by atoms with Crippen LogP contribution in [0.4, 0.5) is 11.4 Å². The predicted molar refractivity (Wildman–Crippen MR) is 109 cm³/mol. The molecule has 3 rings (SSSR count). The molecule has 0 aromatic heterocycles. The lowest BCUT2D eigenvalue weighted by atomic mass is 10.1. The number of hydrogen-bond donors (Lipinski definition) is 2. The molecule has 0 amide bonds. The van der Waals surface area contributed by atoms with Crippen molar-refractivity contribution in [2.24, 2.45) is 0 Å². The van der Waals surface area contributed by atoms with Crippen LogP contribution in [0.25, 0.3) is 0 Å². The van der Waals surface area contributed by atoms with Crippen molar-refractivity contribution in [1.29, 1.82) is 0 Å². The molecule has 1 aliphatic heterocycles. The lowest BCUT2D eigenvalue weighted by Gasteiger charge is -2.24. The number of ether oxygens (including phenoxy) is 1. The molecule has 1 fully saturated rings. The second-order valence-corrected chi connectivity index (χ2v) is 7.27. The quantitative estimate of drug-likeness (QED) is 0.548. The third-order valence-corrected chi connectivity index (χ3v) is 5.09. The Morgan fingerprint density at radius 2 is 1.78 bits per heavy atom. The van der Waals surface area contributed by atoms with Gasteiger partial charge in [-0.3, -0.25) is 14.5 Å². The summed E-state index contributed by atoms with van der Waals surface area (Å²) in [5.74, 6) is 0.869. The summed E-state index contributed by atoms with van der Waals surface area (Å²) >= 11 is 0. The van der Waals surface area contributed by atoms with E-state index in [1.54, 1.807) is 0 Å². The molecule has 3 N–H and O–H groups in total. The number of nitrogens with zero attached hydrogens (tertiary/aromatic N) is 1. The van der Waals surface area contributed by atoms with Crippen LogP contribution in [0.15, 0.2) is 33.9 Å². The Bertz CT molecular complexity index is 803. The van der Waals surface area contributed by atoms with Gasteiger partial charge < -0.3 is 15.8 Å². The van der Waals surface area contributed by atoms with Crippen LogP contribution in [0.2, 0.25) is 0 Å². The fraction of sp³-hybridized carbons (Fsp3) is 0.524. The summed E-state index contributed by atoms with van der Waals surface area (Å²) in [6.07, 6.45) is 7.36. The van der Waals surface area contributed by atoms with Crippen molar-refractivity contribution in [2.45, 2.75) is 45.1 Å². The SMILES string of the molecule is Nc1c(NCCCOc2cccc(CN3CCCCCCC3)c2)c(=O)c1=O. The Kier molecular flexibility index (Phi) is 6.87. The van der Waals surface area contributed by atoms with Gasteiger partial charge in [-0.25, -0.2) is 0 Å². The van der Waals surface area contributed by atoms with E-state index in [-0.39, 0.29) is 11.4 Å². The zero-order chi connectivity index (χ0) is 19.1.